The summed E-state index contributed by atoms with van der Waals surface area (Å²) in [6, 6.07) is 6.89. The minimum atomic E-state index is 0.378. The molecule has 0 amide bonds. The Balaban J connectivity index is 2.79. The lowest BCUT2D eigenvalue weighted by Gasteiger charge is -2.05. The first kappa shape index (κ1) is 9.93. The number of benzene rings is 1. The summed E-state index contributed by atoms with van der Waals surface area (Å²) >= 11 is 5.90. The van der Waals surface area contributed by atoms with Crippen molar-refractivity contribution in [2.24, 2.45) is 0 Å². The monoisotopic (exact) mass is 221 g/mol. The van der Waals surface area contributed by atoms with Crippen molar-refractivity contribution in [1.29, 1.82) is 0 Å². The smallest absolute Gasteiger partial charge is 0.168 e. The Morgan fingerprint density at radius 2 is 2.20 bits per heavy atom. The van der Waals surface area contributed by atoms with Gasteiger partial charge < -0.3 is 4.74 Å². The first-order valence-corrected chi connectivity index (χ1v) is 4.72. The predicted molar refractivity (Wildman–Crippen MR) is 58.7 cm³/mol. The number of hydrogen-bond donors (Lipinski definition) is 0. The highest BCUT2D eigenvalue weighted by Crippen LogP contribution is 2.28. The van der Waals surface area contributed by atoms with Gasteiger partial charge in [-0.3, -0.25) is 4.79 Å². The number of ether oxygens (including phenoxy) is 1. The van der Waals surface area contributed by atoms with E-state index in [-0.39, 0.29) is 0 Å². The van der Waals surface area contributed by atoms with Crippen molar-refractivity contribution in [2.75, 3.05) is 7.11 Å². The van der Waals surface area contributed by atoms with Crippen LogP contribution in [-0.2, 0) is 0 Å². The molecule has 0 unspecified atom stereocenters. The van der Waals surface area contributed by atoms with Crippen LogP contribution >= 0.6 is 11.6 Å². The van der Waals surface area contributed by atoms with Gasteiger partial charge in [-0.25, -0.2) is 4.98 Å². The molecule has 3 nitrogen and oxygen atoms in total. The number of aldehydes is 1. The van der Waals surface area contributed by atoms with E-state index in [4.69, 9.17) is 16.3 Å². The lowest BCUT2D eigenvalue weighted by atomic mass is 10.2. The number of rotatable bonds is 2. The first-order valence-electron chi connectivity index (χ1n) is 4.34. The van der Waals surface area contributed by atoms with Crippen LogP contribution in [0.15, 0.2) is 24.3 Å². The second-order valence-electron chi connectivity index (χ2n) is 3.03. The van der Waals surface area contributed by atoms with E-state index in [0.717, 1.165) is 5.39 Å². The SMILES string of the molecule is COc1cc(Cl)cc2ccc(C=O)nc12. The summed E-state index contributed by atoms with van der Waals surface area (Å²) in [6.07, 6.45) is 0.702. The van der Waals surface area contributed by atoms with Gasteiger partial charge in [-0.15, -0.1) is 0 Å². The van der Waals surface area contributed by atoms with Crippen LogP contribution in [0.3, 0.4) is 0 Å². The second kappa shape index (κ2) is 3.87. The Morgan fingerprint density at radius 1 is 1.40 bits per heavy atom. The number of carbonyl (C=O) groups excluding carboxylic acids is 1. The molecule has 76 valence electrons. The highest BCUT2D eigenvalue weighted by atomic mass is 35.5. The number of fused-ring (bicyclic) bond motifs is 1. The fourth-order valence-corrected chi connectivity index (χ4v) is 1.62. The van der Waals surface area contributed by atoms with Crippen molar-refractivity contribution < 1.29 is 9.53 Å². The first-order chi connectivity index (χ1) is 7.24. The molecule has 0 saturated carbocycles. The molecule has 1 aromatic heterocycles. The molecule has 0 fully saturated rings. The zero-order valence-corrected chi connectivity index (χ0v) is 8.78. The molecule has 0 aliphatic rings. The molecule has 15 heavy (non-hydrogen) atoms. The molecule has 0 atom stereocenters. The number of nitrogens with zero attached hydrogens (tertiary/aromatic N) is 1. The van der Waals surface area contributed by atoms with Gasteiger partial charge in [0, 0.05) is 16.5 Å². The zero-order chi connectivity index (χ0) is 10.8. The molecule has 1 heterocycles. The van der Waals surface area contributed by atoms with E-state index in [0.29, 0.717) is 28.3 Å². The van der Waals surface area contributed by atoms with Crippen LogP contribution in [-0.4, -0.2) is 18.4 Å². The van der Waals surface area contributed by atoms with Crippen LogP contribution in [0.5, 0.6) is 5.75 Å². The summed E-state index contributed by atoms with van der Waals surface area (Å²) < 4.78 is 5.14. The fourth-order valence-electron chi connectivity index (χ4n) is 1.40. The van der Waals surface area contributed by atoms with Crippen molar-refractivity contribution in [3.05, 3.63) is 35.0 Å². The molecule has 4 heteroatoms. The second-order valence-corrected chi connectivity index (χ2v) is 3.47. The maximum atomic E-state index is 10.6. The van der Waals surface area contributed by atoms with E-state index in [2.05, 4.69) is 4.98 Å². The average Bonchev–Trinajstić information content (AvgIpc) is 2.27. The summed E-state index contributed by atoms with van der Waals surface area (Å²) in [7, 11) is 1.54. The van der Waals surface area contributed by atoms with E-state index in [1.165, 1.54) is 0 Å². The van der Waals surface area contributed by atoms with Crippen molar-refractivity contribution in [3.8, 4) is 5.75 Å². The molecule has 0 bridgehead atoms. The lowest BCUT2D eigenvalue weighted by molar-refractivity contribution is 0.111. The van der Waals surface area contributed by atoms with E-state index < -0.39 is 0 Å². The molecule has 2 aromatic rings. The van der Waals surface area contributed by atoms with Crippen molar-refractivity contribution in [2.45, 2.75) is 0 Å². The third kappa shape index (κ3) is 1.78. The molecule has 0 aliphatic heterocycles. The van der Waals surface area contributed by atoms with Gasteiger partial charge in [0.05, 0.1) is 7.11 Å². The Labute approximate surface area is 91.6 Å². The Bertz CT molecular complexity index is 525. The third-order valence-electron chi connectivity index (χ3n) is 2.08. The maximum absolute atomic E-state index is 10.6. The maximum Gasteiger partial charge on any atom is 0.168 e. The predicted octanol–water partition coefficient (Wildman–Crippen LogP) is 2.71. The topological polar surface area (TPSA) is 39.2 Å². The summed E-state index contributed by atoms with van der Waals surface area (Å²) in [5.74, 6) is 0.571. The highest BCUT2D eigenvalue weighted by Gasteiger charge is 2.05. The van der Waals surface area contributed by atoms with Crippen molar-refractivity contribution in [1.82, 2.24) is 4.98 Å². The van der Waals surface area contributed by atoms with Crippen LogP contribution in [0.25, 0.3) is 10.9 Å². The molecule has 0 saturated heterocycles. The number of halogens is 1. The normalized spacial score (nSPS) is 10.3. The fraction of sp³-hybridized carbons (Fsp3) is 0.0909. The lowest BCUT2D eigenvalue weighted by Crippen LogP contribution is -1.91. The van der Waals surface area contributed by atoms with Crippen LogP contribution in [0.1, 0.15) is 10.5 Å². The summed E-state index contributed by atoms with van der Waals surface area (Å²) in [5.41, 5.74) is 1.02. The third-order valence-corrected chi connectivity index (χ3v) is 2.30. The minimum Gasteiger partial charge on any atom is -0.494 e. The van der Waals surface area contributed by atoms with Gasteiger partial charge in [0.1, 0.15) is 17.0 Å². The molecule has 0 aliphatic carbocycles. The van der Waals surface area contributed by atoms with Gasteiger partial charge in [0.15, 0.2) is 6.29 Å². The van der Waals surface area contributed by atoms with Crippen molar-refractivity contribution >= 4 is 28.8 Å². The Kier molecular flexibility index (Phi) is 2.56. The molecule has 1 aromatic carbocycles. The van der Waals surface area contributed by atoms with Crippen LogP contribution < -0.4 is 4.74 Å². The minimum absolute atomic E-state index is 0.378. The largest absolute Gasteiger partial charge is 0.494 e. The Morgan fingerprint density at radius 3 is 2.87 bits per heavy atom. The molecule has 0 radical (unpaired) electrons. The number of aromatic nitrogens is 1. The molecular formula is C11H8ClNO2. The summed E-state index contributed by atoms with van der Waals surface area (Å²) in [4.78, 5) is 14.7. The van der Waals surface area contributed by atoms with E-state index in [9.17, 15) is 4.79 Å². The number of carbonyl (C=O) groups is 1. The molecule has 2 rings (SSSR count). The van der Waals surface area contributed by atoms with E-state index in [1.54, 1.807) is 31.4 Å². The van der Waals surface area contributed by atoms with Crippen molar-refractivity contribution in [3.63, 3.8) is 0 Å². The molecule has 0 spiro atoms. The van der Waals surface area contributed by atoms with Crippen LogP contribution in [0, 0.1) is 0 Å². The number of methoxy groups -OCH3 is 1. The molecular weight excluding hydrogens is 214 g/mol. The quantitative estimate of drug-likeness (QED) is 0.732. The van der Waals surface area contributed by atoms with Crippen LogP contribution in [0.2, 0.25) is 5.02 Å². The number of hydrogen-bond acceptors (Lipinski definition) is 3. The van der Waals surface area contributed by atoms with Gasteiger partial charge in [0.25, 0.3) is 0 Å². The Hall–Kier alpha value is -1.61. The summed E-state index contributed by atoms with van der Waals surface area (Å²) in [6.45, 7) is 0. The van der Waals surface area contributed by atoms with Gasteiger partial charge in [-0.05, 0) is 12.1 Å². The van der Waals surface area contributed by atoms with Gasteiger partial charge in [-0.2, -0.15) is 0 Å². The van der Waals surface area contributed by atoms with Gasteiger partial charge in [0.2, 0.25) is 0 Å². The number of pyridine rings is 1. The average molecular weight is 222 g/mol. The van der Waals surface area contributed by atoms with E-state index >= 15 is 0 Å². The highest BCUT2D eigenvalue weighted by molar-refractivity contribution is 6.31. The zero-order valence-electron chi connectivity index (χ0n) is 8.03. The van der Waals surface area contributed by atoms with Gasteiger partial charge >= 0.3 is 0 Å². The molecule has 0 N–H and O–H groups in total. The van der Waals surface area contributed by atoms with Crippen LogP contribution in [0.4, 0.5) is 0 Å². The van der Waals surface area contributed by atoms with E-state index in [1.807, 2.05) is 0 Å². The standard InChI is InChI=1S/C11H8ClNO2/c1-15-10-5-8(12)4-7-2-3-9(6-14)13-11(7)10/h2-6H,1H3. The van der Waals surface area contributed by atoms with Gasteiger partial charge in [-0.1, -0.05) is 17.7 Å². The summed E-state index contributed by atoms with van der Waals surface area (Å²) in [5, 5.41) is 1.44.